The van der Waals surface area contributed by atoms with E-state index in [9.17, 15) is 4.79 Å². The van der Waals surface area contributed by atoms with Gasteiger partial charge in [-0.2, -0.15) is 0 Å². The third-order valence-corrected chi connectivity index (χ3v) is 5.58. The molecule has 26 heavy (non-hydrogen) atoms. The minimum Gasteiger partial charge on any atom is -0.468 e. The van der Waals surface area contributed by atoms with Crippen molar-refractivity contribution < 1.29 is 13.9 Å². The van der Waals surface area contributed by atoms with E-state index in [0.717, 1.165) is 44.1 Å². The van der Waals surface area contributed by atoms with Gasteiger partial charge in [-0.3, -0.25) is 14.7 Å². The molecule has 6 nitrogen and oxygen atoms in total. The van der Waals surface area contributed by atoms with Gasteiger partial charge in [-0.25, -0.2) is 0 Å². The Kier molecular flexibility index (Phi) is 5.04. The van der Waals surface area contributed by atoms with Crippen LogP contribution in [0.1, 0.15) is 17.9 Å². The number of aromatic nitrogens is 1. The number of carbonyl (C=O) groups excluding carboxylic acids is 1. The van der Waals surface area contributed by atoms with Gasteiger partial charge in [0.1, 0.15) is 5.76 Å². The summed E-state index contributed by atoms with van der Waals surface area (Å²) in [5, 5.41) is 0. The summed E-state index contributed by atoms with van der Waals surface area (Å²) in [7, 11) is 1.78. The van der Waals surface area contributed by atoms with Crippen LogP contribution in [-0.2, 0) is 22.5 Å². The molecule has 0 saturated carbocycles. The molecule has 2 fully saturated rings. The molecule has 2 aromatic rings. The number of piperidine rings is 1. The van der Waals surface area contributed by atoms with E-state index in [1.165, 1.54) is 0 Å². The summed E-state index contributed by atoms with van der Waals surface area (Å²) < 4.78 is 11.2. The number of hydrogen-bond donors (Lipinski definition) is 0. The molecule has 0 N–H and O–H groups in total. The number of pyridine rings is 1. The van der Waals surface area contributed by atoms with Crippen molar-refractivity contribution in [3.63, 3.8) is 0 Å². The number of hydrogen-bond acceptors (Lipinski definition) is 5. The summed E-state index contributed by atoms with van der Waals surface area (Å²) >= 11 is 0. The largest absolute Gasteiger partial charge is 0.468 e. The molecule has 1 amide bonds. The number of methoxy groups -OCH3 is 1. The fourth-order valence-electron chi connectivity index (χ4n) is 4.35. The zero-order valence-corrected chi connectivity index (χ0v) is 15.1. The summed E-state index contributed by atoms with van der Waals surface area (Å²) in [4.78, 5) is 21.7. The number of fused-ring (bicyclic) bond motifs is 1. The Morgan fingerprint density at radius 3 is 2.96 bits per heavy atom. The van der Waals surface area contributed by atoms with Crippen LogP contribution in [0.3, 0.4) is 0 Å². The average molecular weight is 355 g/mol. The van der Waals surface area contributed by atoms with E-state index in [0.29, 0.717) is 12.3 Å². The molecule has 4 rings (SSSR count). The molecule has 2 aliphatic rings. The number of rotatable bonds is 5. The van der Waals surface area contributed by atoms with Crippen LogP contribution in [0.5, 0.6) is 0 Å². The quantitative estimate of drug-likeness (QED) is 0.821. The van der Waals surface area contributed by atoms with E-state index < -0.39 is 0 Å². The number of nitrogens with zero attached hydrogens (tertiary/aromatic N) is 3. The van der Waals surface area contributed by atoms with Crippen LogP contribution in [0, 0.1) is 5.92 Å². The van der Waals surface area contributed by atoms with E-state index >= 15 is 0 Å². The van der Waals surface area contributed by atoms with Crippen LogP contribution in [0.2, 0.25) is 0 Å². The highest BCUT2D eigenvalue weighted by atomic mass is 16.5. The molecule has 6 heteroatoms. The van der Waals surface area contributed by atoms with Crippen LogP contribution < -0.4 is 0 Å². The highest BCUT2D eigenvalue weighted by molar-refractivity contribution is 5.79. The Labute approximate surface area is 153 Å². The van der Waals surface area contributed by atoms with Gasteiger partial charge in [0.05, 0.1) is 31.4 Å². The van der Waals surface area contributed by atoms with Crippen molar-refractivity contribution in [1.29, 1.82) is 0 Å². The number of amides is 1. The molecule has 0 unspecified atom stereocenters. The number of likely N-dealkylation sites (tertiary alicyclic amines) is 2. The summed E-state index contributed by atoms with van der Waals surface area (Å²) in [6.07, 6.45) is 4.91. The topological polar surface area (TPSA) is 58.8 Å². The van der Waals surface area contributed by atoms with Gasteiger partial charge in [0.15, 0.2) is 0 Å². The Balaban J connectivity index is 1.47. The molecule has 2 saturated heterocycles. The van der Waals surface area contributed by atoms with Crippen LogP contribution in [0.25, 0.3) is 0 Å². The van der Waals surface area contributed by atoms with Crippen molar-refractivity contribution in [1.82, 2.24) is 14.8 Å². The van der Waals surface area contributed by atoms with Crippen LogP contribution in [0.4, 0.5) is 0 Å². The zero-order chi connectivity index (χ0) is 17.9. The van der Waals surface area contributed by atoms with Gasteiger partial charge in [-0.05, 0) is 30.7 Å². The van der Waals surface area contributed by atoms with Gasteiger partial charge in [0, 0.05) is 44.6 Å². The van der Waals surface area contributed by atoms with E-state index in [1.54, 1.807) is 19.6 Å². The minimum absolute atomic E-state index is 0.160. The molecule has 0 bridgehead atoms. The summed E-state index contributed by atoms with van der Waals surface area (Å²) in [6.45, 7) is 3.31. The average Bonchev–Trinajstić information content (AvgIpc) is 3.31. The maximum Gasteiger partial charge on any atom is 0.228 e. The normalized spacial score (nSPS) is 26.0. The highest BCUT2D eigenvalue weighted by Gasteiger charge is 2.45. The minimum atomic E-state index is 0.160. The molecule has 0 aromatic carbocycles. The maximum atomic E-state index is 12.9. The van der Waals surface area contributed by atoms with Crippen molar-refractivity contribution >= 4 is 5.91 Å². The van der Waals surface area contributed by atoms with Crippen LogP contribution in [-0.4, -0.2) is 59.6 Å². The van der Waals surface area contributed by atoms with E-state index in [4.69, 9.17) is 9.15 Å². The predicted molar refractivity (Wildman–Crippen MR) is 96.3 cm³/mol. The highest BCUT2D eigenvalue weighted by Crippen LogP contribution is 2.33. The van der Waals surface area contributed by atoms with Crippen LogP contribution >= 0.6 is 0 Å². The monoisotopic (exact) mass is 355 g/mol. The standard InChI is InChI=1S/C20H25N3O3/c1-25-19-7-9-23(20(24)11-15-5-2-3-8-21-15)18-14-22(13-17(18)19)12-16-6-4-10-26-16/h2-6,8,10,17-19H,7,9,11-14H2,1H3/t17-,18+,19+/m0/s1. The van der Waals surface area contributed by atoms with Gasteiger partial charge in [0.2, 0.25) is 5.91 Å². The SMILES string of the molecule is CO[C@@H]1CCN(C(=O)Cc2ccccn2)[C@@H]2CN(Cc3ccco3)C[C@@H]21. The van der Waals surface area contributed by atoms with Gasteiger partial charge in [-0.15, -0.1) is 0 Å². The number of carbonyl (C=O) groups is 1. The molecule has 4 heterocycles. The van der Waals surface area contributed by atoms with Crippen molar-refractivity contribution in [3.05, 3.63) is 54.2 Å². The van der Waals surface area contributed by atoms with Crippen molar-refractivity contribution in [2.24, 2.45) is 5.92 Å². The number of ether oxygens (including phenoxy) is 1. The molecule has 0 aliphatic carbocycles. The second-order valence-electron chi connectivity index (χ2n) is 7.15. The predicted octanol–water partition coefficient (Wildman–Crippen LogP) is 1.96. The van der Waals surface area contributed by atoms with Crippen LogP contribution in [0.15, 0.2) is 47.2 Å². The first-order valence-corrected chi connectivity index (χ1v) is 9.21. The zero-order valence-electron chi connectivity index (χ0n) is 15.1. The maximum absolute atomic E-state index is 12.9. The molecule has 138 valence electrons. The smallest absolute Gasteiger partial charge is 0.228 e. The Morgan fingerprint density at radius 1 is 1.31 bits per heavy atom. The van der Waals surface area contributed by atoms with Gasteiger partial charge >= 0.3 is 0 Å². The molecule has 2 aromatic heterocycles. The molecular weight excluding hydrogens is 330 g/mol. The first kappa shape index (κ1) is 17.2. The molecule has 0 spiro atoms. The Morgan fingerprint density at radius 2 is 2.23 bits per heavy atom. The lowest BCUT2D eigenvalue weighted by atomic mass is 9.88. The van der Waals surface area contributed by atoms with E-state index in [-0.39, 0.29) is 18.1 Å². The van der Waals surface area contributed by atoms with Gasteiger partial charge < -0.3 is 14.1 Å². The van der Waals surface area contributed by atoms with Crippen molar-refractivity contribution in [2.45, 2.75) is 31.5 Å². The van der Waals surface area contributed by atoms with Crippen molar-refractivity contribution in [2.75, 3.05) is 26.7 Å². The van der Waals surface area contributed by atoms with Crippen molar-refractivity contribution in [3.8, 4) is 0 Å². The molecular formula is C20H25N3O3. The molecule has 2 aliphatic heterocycles. The van der Waals surface area contributed by atoms with Gasteiger partial charge in [0.25, 0.3) is 0 Å². The lowest BCUT2D eigenvalue weighted by Gasteiger charge is -2.41. The lowest BCUT2D eigenvalue weighted by Crippen LogP contribution is -2.54. The Hall–Kier alpha value is -2.18. The second-order valence-corrected chi connectivity index (χ2v) is 7.15. The summed E-state index contributed by atoms with van der Waals surface area (Å²) in [5.41, 5.74) is 0.827. The first-order chi connectivity index (χ1) is 12.7. The lowest BCUT2D eigenvalue weighted by molar-refractivity contribution is -0.138. The van der Waals surface area contributed by atoms with E-state index in [2.05, 4.69) is 14.8 Å². The van der Waals surface area contributed by atoms with E-state index in [1.807, 2.05) is 30.3 Å². The Bertz CT molecular complexity index is 719. The summed E-state index contributed by atoms with van der Waals surface area (Å²) in [5.74, 6) is 1.47. The third-order valence-electron chi connectivity index (χ3n) is 5.58. The first-order valence-electron chi connectivity index (χ1n) is 9.21. The number of furan rings is 1. The second kappa shape index (κ2) is 7.60. The molecule has 3 atom stereocenters. The van der Waals surface area contributed by atoms with Gasteiger partial charge in [-0.1, -0.05) is 6.07 Å². The fraction of sp³-hybridized carbons (Fsp3) is 0.500. The molecule has 0 radical (unpaired) electrons. The third kappa shape index (κ3) is 3.52. The fourth-order valence-corrected chi connectivity index (χ4v) is 4.35. The summed E-state index contributed by atoms with van der Waals surface area (Å²) in [6, 6.07) is 9.82.